The van der Waals surface area contributed by atoms with Crippen molar-refractivity contribution in [3.05, 3.63) is 34.7 Å². The van der Waals surface area contributed by atoms with Gasteiger partial charge in [-0.3, -0.25) is 14.5 Å². The molecule has 1 fully saturated rings. The van der Waals surface area contributed by atoms with Gasteiger partial charge in [0.2, 0.25) is 0 Å². The molecule has 0 atom stereocenters. The van der Waals surface area contributed by atoms with E-state index in [2.05, 4.69) is 0 Å². The number of thioether (sulfide) groups is 1. The Balaban J connectivity index is 2.01. The number of imide groups is 1. The molecular weight excluding hydrogens is 350 g/mol. The molecule has 2 amide bonds. The van der Waals surface area contributed by atoms with Crippen molar-refractivity contribution in [3.8, 4) is 5.75 Å². The monoisotopic (exact) mass is 375 g/mol. The Labute approximate surface area is 158 Å². The van der Waals surface area contributed by atoms with Crippen molar-refractivity contribution in [2.24, 2.45) is 0 Å². The van der Waals surface area contributed by atoms with Crippen LogP contribution in [0.2, 0.25) is 0 Å². The van der Waals surface area contributed by atoms with E-state index in [9.17, 15) is 14.7 Å². The van der Waals surface area contributed by atoms with Gasteiger partial charge < -0.3 is 9.84 Å². The van der Waals surface area contributed by atoms with Gasteiger partial charge in [-0.1, -0.05) is 43.9 Å². The summed E-state index contributed by atoms with van der Waals surface area (Å²) in [6.07, 6.45) is 6.15. The first kappa shape index (κ1) is 19.0. The van der Waals surface area contributed by atoms with Crippen molar-refractivity contribution < 1.29 is 19.4 Å². The molecule has 1 aliphatic carbocycles. The number of benzene rings is 1. The Morgan fingerprint density at radius 1 is 1.12 bits per heavy atom. The zero-order chi connectivity index (χ0) is 18.5. The number of rotatable bonds is 6. The fourth-order valence-corrected chi connectivity index (χ4v) is 4.60. The van der Waals surface area contributed by atoms with Gasteiger partial charge in [0.15, 0.2) is 0 Å². The van der Waals surface area contributed by atoms with Crippen LogP contribution in [-0.4, -0.2) is 47.3 Å². The van der Waals surface area contributed by atoms with Crippen molar-refractivity contribution in [2.75, 3.05) is 19.5 Å². The lowest BCUT2D eigenvalue weighted by Crippen LogP contribution is -2.40. The molecule has 1 aromatic carbocycles. The summed E-state index contributed by atoms with van der Waals surface area (Å²) in [6, 6.07) is 7.26. The highest BCUT2D eigenvalue weighted by Crippen LogP contribution is 2.41. The second kappa shape index (κ2) is 8.73. The summed E-state index contributed by atoms with van der Waals surface area (Å²) in [5.41, 5.74) is 1.06. The number of methoxy groups -OCH3 is 1. The molecule has 0 radical (unpaired) electrons. The van der Waals surface area contributed by atoms with Gasteiger partial charge in [0.05, 0.1) is 24.2 Å². The number of ether oxygens (including phenoxy) is 1. The van der Waals surface area contributed by atoms with Crippen LogP contribution >= 0.6 is 11.8 Å². The Kier molecular flexibility index (Phi) is 6.38. The molecule has 6 heteroatoms. The first-order valence-corrected chi connectivity index (χ1v) is 10.2. The van der Waals surface area contributed by atoms with Crippen molar-refractivity contribution in [1.29, 1.82) is 0 Å². The van der Waals surface area contributed by atoms with Gasteiger partial charge in [-0.15, -0.1) is 11.8 Å². The van der Waals surface area contributed by atoms with Gasteiger partial charge in [-0.05, 0) is 18.9 Å². The Bertz CT molecular complexity index is 708. The van der Waals surface area contributed by atoms with Crippen molar-refractivity contribution in [1.82, 2.24) is 4.90 Å². The summed E-state index contributed by atoms with van der Waals surface area (Å²) in [5, 5.41) is 9.21. The molecule has 1 N–H and O–H groups in total. The number of aliphatic hydroxyl groups is 1. The summed E-state index contributed by atoms with van der Waals surface area (Å²) >= 11 is 1.25. The number of amides is 2. The summed E-state index contributed by atoms with van der Waals surface area (Å²) in [4.78, 5) is 28.3. The molecule has 0 aromatic heterocycles. The van der Waals surface area contributed by atoms with E-state index in [0.29, 0.717) is 27.5 Å². The predicted molar refractivity (Wildman–Crippen MR) is 103 cm³/mol. The number of hydrogen-bond donors (Lipinski definition) is 1. The van der Waals surface area contributed by atoms with Gasteiger partial charge >= 0.3 is 0 Å². The van der Waals surface area contributed by atoms with E-state index in [1.54, 1.807) is 13.2 Å². The largest absolute Gasteiger partial charge is 0.496 e. The van der Waals surface area contributed by atoms with Crippen LogP contribution in [0.25, 0.3) is 5.57 Å². The maximum absolute atomic E-state index is 13.3. The van der Waals surface area contributed by atoms with Crippen LogP contribution in [0.15, 0.2) is 29.2 Å². The van der Waals surface area contributed by atoms with Crippen LogP contribution in [0.4, 0.5) is 0 Å². The zero-order valence-electron chi connectivity index (χ0n) is 15.1. The summed E-state index contributed by atoms with van der Waals surface area (Å²) in [5.74, 6) is 0.507. The average Bonchev–Trinajstić information content (AvgIpc) is 2.84. The minimum Gasteiger partial charge on any atom is -0.496 e. The third-order valence-electron chi connectivity index (χ3n) is 4.98. The molecule has 0 saturated heterocycles. The highest BCUT2D eigenvalue weighted by Gasteiger charge is 2.43. The molecule has 3 rings (SSSR count). The van der Waals surface area contributed by atoms with E-state index >= 15 is 0 Å². The lowest BCUT2D eigenvalue weighted by atomic mass is 10.0. The second-order valence-electron chi connectivity index (χ2n) is 6.60. The number of nitrogens with zero attached hydrogens (tertiary/aromatic N) is 1. The van der Waals surface area contributed by atoms with Crippen LogP contribution < -0.4 is 4.74 Å². The number of carbonyl (C=O) groups is 2. The molecule has 2 aliphatic rings. The maximum Gasteiger partial charge on any atom is 0.268 e. The van der Waals surface area contributed by atoms with Gasteiger partial charge in [0, 0.05) is 17.4 Å². The molecule has 1 saturated carbocycles. The average molecular weight is 375 g/mol. The molecule has 1 aliphatic heterocycles. The highest BCUT2D eigenvalue weighted by atomic mass is 32.2. The number of hydrogen-bond acceptors (Lipinski definition) is 5. The molecule has 1 heterocycles. The summed E-state index contributed by atoms with van der Waals surface area (Å²) in [6.45, 7) is -0.0434. The standard InChI is InChI=1S/C20H25NO4S/c1-25-16-11-7-6-10-15(16)17-18(26-13-12-22)20(24)21(19(17)23)14-8-4-2-3-5-9-14/h6-7,10-11,14,22H,2-5,8-9,12-13H2,1H3. The smallest absolute Gasteiger partial charge is 0.268 e. The van der Waals surface area contributed by atoms with Gasteiger partial charge in [0.25, 0.3) is 11.8 Å². The first-order valence-electron chi connectivity index (χ1n) is 9.18. The number of carbonyl (C=O) groups excluding carboxylic acids is 2. The summed E-state index contributed by atoms with van der Waals surface area (Å²) in [7, 11) is 1.56. The summed E-state index contributed by atoms with van der Waals surface area (Å²) < 4.78 is 5.42. The van der Waals surface area contributed by atoms with Crippen LogP contribution in [-0.2, 0) is 9.59 Å². The van der Waals surface area contributed by atoms with Gasteiger partial charge in [-0.25, -0.2) is 0 Å². The zero-order valence-corrected chi connectivity index (χ0v) is 15.9. The highest BCUT2D eigenvalue weighted by molar-refractivity contribution is 8.04. The van der Waals surface area contributed by atoms with Crippen LogP contribution in [0, 0.1) is 0 Å². The maximum atomic E-state index is 13.3. The predicted octanol–water partition coefficient (Wildman–Crippen LogP) is 3.22. The minimum absolute atomic E-state index is 0.0329. The molecule has 0 spiro atoms. The van der Waals surface area contributed by atoms with Crippen LogP contribution in [0.5, 0.6) is 5.75 Å². The lowest BCUT2D eigenvalue weighted by Gasteiger charge is -2.25. The quantitative estimate of drug-likeness (QED) is 0.611. The Hall–Kier alpha value is -1.79. The SMILES string of the molecule is COc1ccccc1C1=C(SCCO)C(=O)N(C2CCCCCC2)C1=O. The van der Waals surface area contributed by atoms with Gasteiger partial charge in [0.1, 0.15) is 5.75 Å². The van der Waals surface area contributed by atoms with Gasteiger partial charge in [-0.2, -0.15) is 0 Å². The second-order valence-corrected chi connectivity index (χ2v) is 7.71. The van der Waals surface area contributed by atoms with E-state index in [1.807, 2.05) is 18.2 Å². The first-order chi connectivity index (χ1) is 12.7. The fourth-order valence-electron chi connectivity index (χ4n) is 3.74. The van der Waals surface area contributed by atoms with Crippen molar-refractivity contribution in [3.63, 3.8) is 0 Å². The Morgan fingerprint density at radius 3 is 2.46 bits per heavy atom. The molecule has 0 bridgehead atoms. The topological polar surface area (TPSA) is 66.8 Å². The van der Waals surface area contributed by atoms with Crippen molar-refractivity contribution in [2.45, 2.75) is 44.6 Å². The Morgan fingerprint density at radius 2 is 1.81 bits per heavy atom. The van der Waals surface area contributed by atoms with E-state index < -0.39 is 0 Å². The fraction of sp³-hybridized carbons (Fsp3) is 0.500. The number of para-hydroxylation sites is 1. The third-order valence-corrected chi connectivity index (χ3v) is 6.03. The van der Waals surface area contributed by atoms with Crippen LogP contribution in [0.1, 0.15) is 44.1 Å². The van der Waals surface area contributed by atoms with E-state index in [0.717, 1.165) is 38.5 Å². The molecular formula is C20H25NO4S. The van der Waals surface area contributed by atoms with Crippen molar-refractivity contribution >= 4 is 29.1 Å². The number of aliphatic hydroxyl groups excluding tert-OH is 1. The van der Waals surface area contributed by atoms with E-state index in [-0.39, 0.29) is 24.5 Å². The third kappa shape index (κ3) is 3.67. The normalized spacial score (nSPS) is 19.2. The minimum atomic E-state index is -0.230. The molecule has 5 nitrogen and oxygen atoms in total. The van der Waals surface area contributed by atoms with E-state index in [1.165, 1.54) is 16.7 Å². The lowest BCUT2D eigenvalue weighted by molar-refractivity contribution is -0.139. The molecule has 1 aromatic rings. The molecule has 140 valence electrons. The van der Waals surface area contributed by atoms with Crippen LogP contribution in [0.3, 0.4) is 0 Å². The molecule has 26 heavy (non-hydrogen) atoms. The van der Waals surface area contributed by atoms with E-state index in [4.69, 9.17) is 4.74 Å². The molecule has 0 unspecified atom stereocenters.